The molecule has 1 saturated heterocycles. The Bertz CT molecular complexity index is 422. The molecule has 1 aliphatic rings. The molecule has 2 rings (SSSR count). The topological polar surface area (TPSA) is 43.7 Å². The number of likely N-dealkylation sites (tertiary alicyclic amines) is 1. The van der Waals surface area contributed by atoms with Gasteiger partial charge in [-0.2, -0.15) is 0 Å². The van der Waals surface area contributed by atoms with Crippen molar-refractivity contribution < 1.29 is 10.2 Å². The van der Waals surface area contributed by atoms with Crippen LogP contribution in [0.5, 0.6) is 0 Å². The summed E-state index contributed by atoms with van der Waals surface area (Å²) in [5.74, 6) is 0. The van der Waals surface area contributed by atoms with Crippen molar-refractivity contribution in [2.75, 3.05) is 13.1 Å². The van der Waals surface area contributed by atoms with Crippen LogP contribution in [0.1, 0.15) is 50.7 Å². The van der Waals surface area contributed by atoms with E-state index in [0.717, 1.165) is 51.7 Å². The Morgan fingerprint density at radius 1 is 1.10 bits per heavy atom. The molecule has 1 fully saturated rings. The Kier molecular flexibility index (Phi) is 5.80. The van der Waals surface area contributed by atoms with E-state index in [1.165, 1.54) is 11.1 Å². The van der Waals surface area contributed by atoms with E-state index in [0.29, 0.717) is 0 Å². The summed E-state index contributed by atoms with van der Waals surface area (Å²) >= 11 is 0. The second-order valence-corrected chi connectivity index (χ2v) is 6.99. The van der Waals surface area contributed by atoms with Crippen LogP contribution in [0.3, 0.4) is 0 Å². The van der Waals surface area contributed by atoms with Gasteiger partial charge in [-0.3, -0.25) is 4.90 Å². The molecule has 1 aliphatic heterocycles. The molecule has 0 radical (unpaired) electrons. The molecule has 0 amide bonds. The molecule has 0 aromatic heterocycles. The van der Waals surface area contributed by atoms with Crippen LogP contribution in [-0.2, 0) is 13.0 Å². The predicted octanol–water partition coefficient (Wildman–Crippen LogP) is 2.74. The molecule has 1 aromatic carbocycles. The van der Waals surface area contributed by atoms with E-state index in [-0.39, 0.29) is 6.10 Å². The van der Waals surface area contributed by atoms with E-state index in [1.54, 1.807) is 0 Å². The maximum absolute atomic E-state index is 9.77. The molecule has 3 nitrogen and oxygen atoms in total. The van der Waals surface area contributed by atoms with E-state index >= 15 is 0 Å². The van der Waals surface area contributed by atoms with E-state index in [2.05, 4.69) is 29.2 Å². The van der Waals surface area contributed by atoms with Gasteiger partial charge in [0.05, 0.1) is 11.7 Å². The van der Waals surface area contributed by atoms with Crippen molar-refractivity contribution in [1.82, 2.24) is 4.90 Å². The third-order valence-electron chi connectivity index (χ3n) is 4.24. The maximum Gasteiger partial charge on any atom is 0.0594 e. The normalized spacial score (nSPS) is 21.2. The Balaban J connectivity index is 1.84. The standard InChI is InChI=1S/C18H29NO2/c1-18(2,21)11-9-15-5-7-16(8-6-15)14-19-12-3-4-17(20)10-13-19/h5-8,17,20-21H,3-4,9-14H2,1-2H3/t17-/m0/s1. The highest BCUT2D eigenvalue weighted by Gasteiger charge is 2.15. The predicted molar refractivity (Wildman–Crippen MR) is 86.2 cm³/mol. The minimum absolute atomic E-state index is 0.112. The van der Waals surface area contributed by atoms with Gasteiger partial charge in [0.15, 0.2) is 0 Å². The third kappa shape index (κ3) is 6.16. The van der Waals surface area contributed by atoms with Crippen molar-refractivity contribution >= 4 is 0 Å². The average Bonchev–Trinajstić information content (AvgIpc) is 2.62. The molecule has 21 heavy (non-hydrogen) atoms. The zero-order valence-electron chi connectivity index (χ0n) is 13.4. The number of aryl methyl sites for hydroxylation is 1. The fourth-order valence-electron chi connectivity index (χ4n) is 2.82. The number of hydrogen-bond acceptors (Lipinski definition) is 3. The first-order valence-electron chi connectivity index (χ1n) is 8.13. The largest absolute Gasteiger partial charge is 0.393 e. The fourth-order valence-corrected chi connectivity index (χ4v) is 2.82. The molecule has 1 heterocycles. The van der Waals surface area contributed by atoms with Crippen LogP contribution in [0, 0.1) is 0 Å². The Labute approximate surface area is 128 Å². The van der Waals surface area contributed by atoms with Gasteiger partial charge in [-0.25, -0.2) is 0 Å². The first kappa shape index (κ1) is 16.5. The molecular formula is C18H29NO2. The van der Waals surface area contributed by atoms with E-state index in [1.807, 2.05) is 13.8 Å². The number of hydrogen-bond donors (Lipinski definition) is 2. The van der Waals surface area contributed by atoms with E-state index in [9.17, 15) is 10.2 Å². The monoisotopic (exact) mass is 291 g/mol. The molecular weight excluding hydrogens is 262 g/mol. The SMILES string of the molecule is CC(C)(O)CCc1ccc(CN2CCC[C@H](O)CC2)cc1. The summed E-state index contributed by atoms with van der Waals surface area (Å²) in [6, 6.07) is 8.74. The molecule has 0 saturated carbocycles. The van der Waals surface area contributed by atoms with Crippen LogP contribution < -0.4 is 0 Å². The number of aliphatic hydroxyl groups is 2. The van der Waals surface area contributed by atoms with Gasteiger partial charge in [0.25, 0.3) is 0 Å². The van der Waals surface area contributed by atoms with Crippen LogP contribution in [0.15, 0.2) is 24.3 Å². The van der Waals surface area contributed by atoms with Crippen molar-refractivity contribution in [3.8, 4) is 0 Å². The first-order valence-corrected chi connectivity index (χ1v) is 8.13. The third-order valence-corrected chi connectivity index (χ3v) is 4.24. The van der Waals surface area contributed by atoms with E-state index < -0.39 is 5.60 Å². The van der Waals surface area contributed by atoms with Crippen molar-refractivity contribution in [2.24, 2.45) is 0 Å². The fraction of sp³-hybridized carbons (Fsp3) is 0.667. The summed E-state index contributed by atoms with van der Waals surface area (Å²) < 4.78 is 0. The lowest BCUT2D eigenvalue weighted by Gasteiger charge is -2.20. The highest BCUT2D eigenvalue weighted by Crippen LogP contribution is 2.16. The van der Waals surface area contributed by atoms with Gasteiger partial charge in [-0.15, -0.1) is 0 Å². The molecule has 2 N–H and O–H groups in total. The lowest BCUT2D eigenvalue weighted by molar-refractivity contribution is 0.0714. The van der Waals surface area contributed by atoms with Crippen molar-refractivity contribution in [1.29, 1.82) is 0 Å². The second-order valence-electron chi connectivity index (χ2n) is 6.99. The van der Waals surface area contributed by atoms with Crippen LogP contribution in [0.2, 0.25) is 0 Å². The summed E-state index contributed by atoms with van der Waals surface area (Å²) in [7, 11) is 0. The Morgan fingerprint density at radius 3 is 2.43 bits per heavy atom. The summed E-state index contributed by atoms with van der Waals surface area (Å²) in [6.45, 7) is 6.75. The maximum atomic E-state index is 9.77. The van der Waals surface area contributed by atoms with Crippen molar-refractivity contribution in [3.05, 3.63) is 35.4 Å². The lowest BCUT2D eigenvalue weighted by Crippen LogP contribution is -2.24. The van der Waals surface area contributed by atoms with Crippen LogP contribution in [-0.4, -0.2) is 39.9 Å². The summed E-state index contributed by atoms with van der Waals surface area (Å²) in [5.41, 5.74) is 2.02. The van der Waals surface area contributed by atoms with Crippen LogP contribution in [0.4, 0.5) is 0 Å². The number of rotatable bonds is 5. The first-order chi connectivity index (χ1) is 9.92. The van der Waals surface area contributed by atoms with Gasteiger partial charge in [-0.1, -0.05) is 24.3 Å². The molecule has 1 atom stereocenters. The molecule has 0 spiro atoms. The molecule has 0 unspecified atom stereocenters. The Hall–Kier alpha value is -0.900. The number of nitrogens with zero attached hydrogens (tertiary/aromatic N) is 1. The lowest BCUT2D eigenvalue weighted by atomic mass is 9.98. The van der Waals surface area contributed by atoms with Gasteiger partial charge >= 0.3 is 0 Å². The van der Waals surface area contributed by atoms with Gasteiger partial charge in [0, 0.05) is 13.1 Å². The quantitative estimate of drug-likeness (QED) is 0.876. The number of aliphatic hydroxyl groups excluding tert-OH is 1. The highest BCUT2D eigenvalue weighted by atomic mass is 16.3. The summed E-state index contributed by atoms with van der Waals surface area (Å²) in [6.07, 6.45) is 4.51. The summed E-state index contributed by atoms with van der Waals surface area (Å²) in [5, 5.41) is 19.5. The van der Waals surface area contributed by atoms with Gasteiger partial charge in [0.2, 0.25) is 0 Å². The van der Waals surface area contributed by atoms with Gasteiger partial charge in [-0.05, 0) is 63.6 Å². The van der Waals surface area contributed by atoms with Gasteiger partial charge in [0.1, 0.15) is 0 Å². The highest BCUT2D eigenvalue weighted by molar-refractivity contribution is 5.22. The molecule has 118 valence electrons. The molecule has 0 aliphatic carbocycles. The van der Waals surface area contributed by atoms with Crippen molar-refractivity contribution in [2.45, 2.75) is 64.2 Å². The zero-order chi connectivity index (χ0) is 15.3. The molecule has 3 heteroatoms. The average molecular weight is 291 g/mol. The van der Waals surface area contributed by atoms with Crippen LogP contribution >= 0.6 is 0 Å². The van der Waals surface area contributed by atoms with Gasteiger partial charge < -0.3 is 10.2 Å². The number of benzene rings is 1. The Morgan fingerprint density at radius 2 is 1.76 bits per heavy atom. The summed E-state index contributed by atoms with van der Waals surface area (Å²) in [4.78, 5) is 2.43. The minimum atomic E-state index is -0.592. The minimum Gasteiger partial charge on any atom is -0.393 e. The smallest absolute Gasteiger partial charge is 0.0594 e. The second kappa shape index (κ2) is 7.39. The van der Waals surface area contributed by atoms with E-state index in [4.69, 9.17) is 0 Å². The van der Waals surface area contributed by atoms with Crippen LogP contribution in [0.25, 0.3) is 0 Å². The zero-order valence-corrected chi connectivity index (χ0v) is 13.4. The van der Waals surface area contributed by atoms with Crippen molar-refractivity contribution in [3.63, 3.8) is 0 Å². The molecule has 0 bridgehead atoms. The molecule has 1 aromatic rings.